The number of aromatic nitrogens is 2. The molecule has 0 saturated carbocycles. The summed E-state index contributed by atoms with van der Waals surface area (Å²) in [6.07, 6.45) is 3.75. The molecule has 0 aliphatic rings. The van der Waals surface area contributed by atoms with Gasteiger partial charge in [-0.2, -0.15) is 5.10 Å². The van der Waals surface area contributed by atoms with Crippen LogP contribution in [0.3, 0.4) is 0 Å². The molecule has 0 bridgehead atoms. The number of hydrazine groups is 1. The molecule has 17 heavy (non-hydrogen) atoms. The van der Waals surface area contributed by atoms with Crippen molar-refractivity contribution in [3.8, 4) is 0 Å². The highest BCUT2D eigenvalue weighted by Gasteiger charge is 2.17. The Bertz CT molecular complexity index is 524. The van der Waals surface area contributed by atoms with Gasteiger partial charge in [0, 0.05) is 27.8 Å². The number of nitrogens with two attached hydrogens (primary N) is 1. The van der Waals surface area contributed by atoms with Crippen LogP contribution in [0.5, 0.6) is 0 Å². The van der Waals surface area contributed by atoms with Gasteiger partial charge in [-0.15, -0.1) is 0 Å². The summed E-state index contributed by atoms with van der Waals surface area (Å²) in [4.78, 5) is 0. The lowest BCUT2D eigenvalue weighted by Gasteiger charge is -2.16. The highest BCUT2D eigenvalue weighted by molar-refractivity contribution is 9.11. The van der Waals surface area contributed by atoms with E-state index in [2.05, 4.69) is 42.4 Å². The van der Waals surface area contributed by atoms with E-state index in [4.69, 9.17) is 5.84 Å². The first-order chi connectivity index (χ1) is 8.11. The molecule has 1 heterocycles. The van der Waals surface area contributed by atoms with Crippen molar-refractivity contribution in [2.24, 2.45) is 12.9 Å². The molecule has 0 amide bonds. The molecule has 90 valence electrons. The van der Waals surface area contributed by atoms with Crippen molar-refractivity contribution < 1.29 is 0 Å². The molecule has 2 rings (SSSR count). The molecule has 0 fully saturated rings. The Labute approximate surface area is 116 Å². The standard InChI is InChI=1S/C11H12Br2N4/c1-17-6-7(5-15-17)11(16-14)9-4-8(12)2-3-10(9)13/h2-6,11,16H,14H2,1H3. The third kappa shape index (κ3) is 2.77. The summed E-state index contributed by atoms with van der Waals surface area (Å²) in [5, 5.41) is 4.16. The molecule has 1 atom stereocenters. The van der Waals surface area contributed by atoms with E-state index in [-0.39, 0.29) is 6.04 Å². The number of aryl methyl sites for hydroxylation is 1. The quantitative estimate of drug-likeness (QED) is 0.654. The summed E-state index contributed by atoms with van der Waals surface area (Å²) in [6.45, 7) is 0. The van der Waals surface area contributed by atoms with Gasteiger partial charge in [0.2, 0.25) is 0 Å². The number of halogens is 2. The average Bonchev–Trinajstić information content (AvgIpc) is 2.71. The third-order valence-electron chi connectivity index (χ3n) is 2.49. The van der Waals surface area contributed by atoms with E-state index in [9.17, 15) is 0 Å². The second kappa shape index (κ2) is 5.30. The lowest BCUT2D eigenvalue weighted by Crippen LogP contribution is -2.28. The molecule has 1 aromatic carbocycles. The first kappa shape index (κ1) is 12.8. The maximum absolute atomic E-state index is 5.64. The zero-order chi connectivity index (χ0) is 12.4. The predicted octanol–water partition coefficient (Wildman–Crippen LogP) is 2.50. The van der Waals surface area contributed by atoms with Crippen molar-refractivity contribution in [3.63, 3.8) is 0 Å². The molecule has 1 aromatic heterocycles. The topological polar surface area (TPSA) is 55.9 Å². The van der Waals surface area contributed by atoms with Crippen molar-refractivity contribution in [3.05, 3.63) is 50.7 Å². The Balaban J connectivity index is 2.45. The van der Waals surface area contributed by atoms with E-state index in [0.717, 1.165) is 20.1 Å². The minimum atomic E-state index is -0.0874. The van der Waals surface area contributed by atoms with Gasteiger partial charge < -0.3 is 0 Å². The molecule has 0 aliphatic heterocycles. The fourth-order valence-electron chi connectivity index (χ4n) is 1.69. The Hall–Kier alpha value is -0.690. The van der Waals surface area contributed by atoms with Crippen LogP contribution in [-0.4, -0.2) is 9.78 Å². The second-order valence-corrected chi connectivity index (χ2v) is 5.48. The molecule has 2 aromatic rings. The average molecular weight is 360 g/mol. The van der Waals surface area contributed by atoms with E-state index in [1.807, 2.05) is 31.4 Å². The maximum atomic E-state index is 5.64. The van der Waals surface area contributed by atoms with Crippen LogP contribution in [-0.2, 0) is 7.05 Å². The van der Waals surface area contributed by atoms with Crippen LogP contribution < -0.4 is 11.3 Å². The Morgan fingerprint density at radius 1 is 1.41 bits per heavy atom. The molecule has 0 saturated heterocycles. The summed E-state index contributed by atoms with van der Waals surface area (Å²) in [5.41, 5.74) is 4.90. The molecule has 6 heteroatoms. The summed E-state index contributed by atoms with van der Waals surface area (Å²) in [6, 6.07) is 5.90. The summed E-state index contributed by atoms with van der Waals surface area (Å²) in [7, 11) is 1.88. The van der Waals surface area contributed by atoms with Crippen molar-refractivity contribution in [2.75, 3.05) is 0 Å². The van der Waals surface area contributed by atoms with Crippen LogP contribution in [0.25, 0.3) is 0 Å². The number of benzene rings is 1. The van der Waals surface area contributed by atoms with E-state index in [0.29, 0.717) is 0 Å². The van der Waals surface area contributed by atoms with Gasteiger partial charge in [0.15, 0.2) is 0 Å². The zero-order valence-corrected chi connectivity index (χ0v) is 12.4. The minimum absolute atomic E-state index is 0.0874. The molecule has 3 N–H and O–H groups in total. The lowest BCUT2D eigenvalue weighted by atomic mass is 10.0. The van der Waals surface area contributed by atoms with Gasteiger partial charge in [-0.3, -0.25) is 10.5 Å². The molecule has 0 radical (unpaired) electrons. The number of nitrogens with zero attached hydrogens (tertiary/aromatic N) is 2. The van der Waals surface area contributed by atoms with Gasteiger partial charge >= 0.3 is 0 Å². The Morgan fingerprint density at radius 2 is 2.18 bits per heavy atom. The molecule has 0 spiro atoms. The van der Waals surface area contributed by atoms with Crippen LogP contribution in [0.4, 0.5) is 0 Å². The first-order valence-electron chi connectivity index (χ1n) is 5.01. The SMILES string of the molecule is Cn1cc(C(NN)c2cc(Br)ccc2Br)cn1. The van der Waals surface area contributed by atoms with Gasteiger partial charge in [0.25, 0.3) is 0 Å². The highest BCUT2D eigenvalue weighted by Crippen LogP contribution is 2.30. The fraction of sp³-hybridized carbons (Fsp3) is 0.182. The number of hydrogen-bond acceptors (Lipinski definition) is 3. The van der Waals surface area contributed by atoms with Gasteiger partial charge in [0.1, 0.15) is 0 Å². The number of nitrogens with one attached hydrogen (secondary N) is 1. The molecular weight excluding hydrogens is 348 g/mol. The van der Waals surface area contributed by atoms with Gasteiger partial charge in [-0.05, 0) is 23.8 Å². The van der Waals surface area contributed by atoms with E-state index in [1.54, 1.807) is 10.9 Å². The maximum Gasteiger partial charge on any atom is 0.0752 e. The van der Waals surface area contributed by atoms with E-state index >= 15 is 0 Å². The van der Waals surface area contributed by atoms with E-state index < -0.39 is 0 Å². The zero-order valence-electron chi connectivity index (χ0n) is 9.19. The lowest BCUT2D eigenvalue weighted by molar-refractivity contribution is 0.633. The van der Waals surface area contributed by atoms with Crippen molar-refractivity contribution in [1.82, 2.24) is 15.2 Å². The van der Waals surface area contributed by atoms with Crippen LogP contribution in [0.15, 0.2) is 39.5 Å². The van der Waals surface area contributed by atoms with Crippen molar-refractivity contribution >= 4 is 31.9 Å². The van der Waals surface area contributed by atoms with Crippen LogP contribution >= 0.6 is 31.9 Å². The van der Waals surface area contributed by atoms with Crippen molar-refractivity contribution in [1.29, 1.82) is 0 Å². The van der Waals surface area contributed by atoms with Crippen LogP contribution in [0.2, 0.25) is 0 Å². The first-order valence-corrected chi connectivity index (χ1v) is 6.60. The third-order valence-corrected chi connectivity index (χ3v) is 3.71. The molecular formula is C11H12Br2N4. The Morgan fingerprint density at radius 3 is 2.76 bits per heavy atom. The number of rotatable bonds is 3. The highest BCUT2D eigenvalue weighted by atomic mass is 79.9. The molecule has 0 aliphatic carbocycles. The second-order valence-electron chi connectivity index (χ2n) is 3.71. The smallest absolute Gasteiger partial charge is 0.0752 e. The largest absolute Gasteiger partial charge is 0.275 e. The predicted molar refractivity (Wildman–Crippen MR) is 74.2 cm³/mol. The summed E-state index contributed by atoms with van der Waals surface area (Å²) < 4.78 is 3.78. The van der Waals surface area contributed by atoms with Gasteiger partial charge in [-0.25, -0.2) is 5.43 Å². The van der Waals surface area contributed by atoms with Gasteiger partial charge in [-0.1, -0.05) is 31.9 Å². The normalized spacial score (nSPS) is 12.7. The number of hydrogen-bond donors (Lipinski definition) is 2. The van der Waals surface area contributed by atoms with Crippen LogP contribution in [0, 0.1) is 0 Å². The van der Waals surface area contributed by atoms with E-state index in [1.165, 1.54) is 0 Å². The molecule has 1 unspecified atom stereocenters. The molecule has 4 nitrogen and oxygen atoms in total. The minimum Gasteiger partial charge on any atom is -0.275 e. The Kier molecular flexibility index (Phi) is 3.98. The van der Waals surface area contributed by atoms with Crippen LogP contribution in [0.1, 0.15) is 17.2 Å². The van der Waals surface area contributed by atoms with Crippen molar-refractivity contribution in [2.45, 2.75) is 6.04 Å². The summed E-state index contributed by atoms with van der Waals surface area (Å²) >= 11 is 6.99. The summed E-state index contributed by atoms with van der Waals surface area (Å²) in [5.74, 6) is 5.64. The monoisotopic (exact) mass is 358 g/mol. The van der Waals surface area contributed by atoms with Gasteiger partial charge in [0.05, 0.1) is 12.2 Å². The fourth-order valence-corrected chi connectivity index (χ4v) is 2.54.